The van der Waals surface area contributed by atoms with E-state index in [0.29, 0.717) is 13.1 Å². The molecule has 7 heteroatoms. The molecule has 1 N–H and O–H groups in total. The van der Waals surface area contributed by atoms with E-state index in [1.165, 1.54) is 0 Å². The molecule has 1 saturated carbocycles. The molecule has 0 bridgehead atoms. The molecule has 2 heterocycles. The van der Waals surface area contributed by atoms with E-state index in [1.54, 1.807) is 24.4 Å². The first kappa shape index (κ1) is 22.1. The maximum absolute atomic E-state index is 13.2. The Morgan fingerprint density at radius 1 is 0.969 bits per heavy atom. The molecule has 0 unspecified atom stereocenters. The maximum atomic E-state index is 13.2. The second kappa shape index (κ2) is 10.0. The standard InChI is InChI=1S/C25H31N3O4/c1-32-20-11-9-18(10-12-20)15-26-24(30)21-16-28(19-7-3-4-8-19)17-22(23(21)29)25(31)27-13-5-2-6-14-27/h9-12,16-17,19H,2-8,13-15H2,1H3,(H,26,30). The third-order valence-electron chi connectivity index (χ3n) is 6.52. The van der Waals surface area contributed by atoms with Crippen molar-refractivity contribution in [3.8, 4) is 5.75 Å². The van der Waals surface area contributed by atoms with E-state index in [-0.39, 0.29) is 29.6 Å². The molecular formula is C25H31N3O4. The number of piperidine rings is 1. The zero-order valence-corrected chi connectivity index (χ0v) is 18.6. The Balaban J connectivity index is 1.60. The Morgan fingerprint density at radius 3 is 2.28 bits per heavy atom. The number of pyridine rings is 1. The van der Waals surface area contributed by atoms with E-state index in [2.05, 4.69) is 5.32 Å². The van der Waals surface area contributed by atoms with Crippen molar-refractivity contribution in [3.05, 3.63) is 63.6 Å². The fourth-order valence-electron chi connectivity index (χ4n) is 4.61. The SMILES string of the molecule is COc1ccc(CNC(=O)c2cn(C3CCCC3)cc(C(=O)N3CCCCC3)c2=O)cc1. The van der Waals surface area contributed by atoms with E-state index < -0.39 is 11.3 Å². The quantitative estimate of drug-likeness (QED) is 0.750. The number of nitrogens with zero attached hydrogens (tertiary/aromatic N) is 2. The first-order chi connectivity index (χ1) is 15.6. The van der Waals surface area contributed by atoms with Gasteiger partial charge in [0.2, 0.25) is 5.43 Å². The number of rotatable bonds is 6. The highest BCUT2D eigenvalue weighted by atomic mass is 16.5. The number of hydrogen-bond acceptors (Lipinski definition) is 4. The van der Waals surface area contributed by atoms with Crippen LogP contribution in [0.2, 0.25) is 0 Å². The number of methoxy groups -OCH3 is 1. The summed E-state index contributed by atoms with van der Waals surface area (Å²) in [5, 5.41) is 2.84. The summed E-state index contributed by atoms with van der Waals surface area (Å²) >= 11 is 0. The number of carbonyl (C=O) groups excluding carboxylic acids is 2. The number of ether oxygens (including phenoxy) is 1. The van der Waals surface area contributed by atoms with E-state index in [1.807, 2.05) is 28.8 Å². The molecule has 2 fully saturated rings. The summed E-state index contributed by atoms with van der Waals surface area (Å²) in [6.07, 6.45) is 10.5. The lowest BCUT2D eigenvalue weighted by molar-refractivity contribution is 0.0722. The highest BCUT2D eigenvalue weighted by Crippen LogP contribution is 2.29. The number of likely N-dealkylation sites (tertiary alicyclic amines) is 1. The molecule has 1 aliphatic heterocycles. The molecule has 2 aliphatic rings. The van der Waals surface area contributed by atoms with Crippen molar-refractivity contribution < 1.29 is 14.3 Å². The van der Waals surface area contributed by atoms with Crippen LogP contribution in [0, 0.1) is 0 Å². The summed E-state index contributed by atoms with van der Waals surface area (Å²) in [6.45, 7) is 1.61. The molecule has 1 saturated heterocycles. The van der Waals surface area contributed by atoms with Crippen LogP contribution in [0.25, 0.3) is 0 Å². The molecular weight excluding hydrogens is 406 g/mol. The second-order valence-electron chi connectivity index (χ2n) is 8.68. The zero-order chi connectivity index (χ0) is 22.5. The molecule has 1 aromatic carbocycles. The van der Waals surface area contributed by atoms with Crippen molar-refractivity contribution >= 4 is 11.8 Å². The van der Waals surface area contributed by atoms with Crippen LogP contribution in [0.1, 0.15) is 77.3 Å². The average molecular weight is 438 g/mol. The molecule has 0 radical (unpaired) electrons. The molecule has 170 valence electrons. The molecule has 4 rings (SSSR count). The van der Waals surface area contributed by atoms with Gasteiger partial charge in [-0.3, -0.25) is 14.4 Å². The summed E-state index contributed by atoms with van der Waals surface area (Å²) in [5.74, 6) is 0.0283. The van der Waals surface area contributed by atoms with Crippen molar-refractivity contribution in [1.82, 2.24) is 14.8 Å². The Labute approximate surface area is 188 Å². The van der Waals surface area contributed by atoms with Gasteiger partial charge in [-0.1, -0.05) is 25.0 Å². The summed E-state index contributed by atoms with van der Waals surface area (Å²) in [6, 6.07) is 7.61. The third-order valence-corrected chi connectivity index (χ3v) is 6.52. The van der Waals surface area contributed by atoms with Crippen LogP contribution in [0.4, 0.5) is 0 Å². The molecule has 0 atom stereocenters. The number of benzene rings is 1. The summed E-state index contributed by atoms with van der Waals surface area (Å²) < 4.78 is 7.08. The molecule has 2 aromatic rings. The monoisotopic (exact) mass is 437 g/mol. The first-order valence-electron chi connectivity index (χ1n) is 11.5. The summed E-state index contributed by atoms with van der Waals surface area (Å²) in [4.78, 5) is 41.1. The number of nitrogens with one attached hydrogen (secondary N) is 1. The second-order valence-corrected chi connectivity index (χ2v) is 8.68. The van der Waals surface area contributed by atoms with E-state index >= 15 is 0 Å². The van der Waals surface area contributed by atoms with Crippen LogP contribution < -0.4 is 15.5 Å². The summed E-state index contributed by atoms with van der Waals surface area (Å²) in [5.41, 5.74) is 0.557. The van der Waals surface area contributed by atoms with Gasteiger partial charge in [0.15, 0.2) is 0 Å². The lowest BCUT2D eigenvalue weighted by Crippen LogP contribution is -2.40. The Kier molecular flexibility index (Phi) is 6.93. The van der Waals surface area contributed by atoms with Crippen LogP contribution in [0.15, 0.2) is 41.5 Å². The smallest absolute Gasteiger partial charge is 0.259 e. The molecule has 0 spiro atoms. The van der Waals surface area contributed by atoms with Gasteiger partial charge in [-0.25, -0.2) is 0 Å². The highest BCUT2D eigenvalue weighted by Gasteiger charge is 2.26. The number of hydrogen-bond donors (Lipinski definition) is 1. The van der Waals surface area contributed by atoms with Gasteiger partial charge in [0.1, 0.15) is 16.9 Å². The first-order valence-corrected chi connectivity index (χ1v) is 11.5. The van der Waals surface area contributed by atoms with Crippen LogP contribution in [-0.4, -0.2) is 41.5 Å². The van der Waals surface area contributed by atoms with Crippen molar-refractivity contribution in [3.63, 3.8) is 0 Å². The minimum Gasteiger partial charge on any atom is -0.497 e. The molecule has 7 nitrogen and oxygen atoms in total. The van der Waals surface area contributed by atoms with Crippen LogP contribution >= 0.6 is 0 Å². The highest BCUT2D eigenvalue weighted by molar-refractivity contribution is 5.99. The fraction of sp³-hybridized carbons (Fsp3) is 0.480. The van der Waals surface area contributed by atoms with Crippen LogP contribution in [0.3, 0.4) is 0 Å². The third kappa shape index (κ3) is 4.87. The largest absolute Gasteiger partial charge is 0.497 e. The predicted octanol–water partition coefficient (Wildman–Crippen LogP) is 3.53. The van der Waals surface area contributed by atoms with Crippen molar-refractivity contribution in [2.75, 3.05) is 20.2 Å². The minimum atomic E-state index is -0.484. The van der Waals surface area contributed by atoms with Gasteiger partial charge in [-0.2, -0.15) is 0 Å². The van der Waals surface area contributed by atoms with Crippen molar-refractivity contribution in [2.45, 2.75) is 57.5 Å². The lowest BCUT2D eigenvalue weighted by atomic mass is 10.1. The van der Waals surface area contributed by atoms with Gasteiger partial charge in [-0.15, -0.1) is 0 Å². The summed E-state index contributed by atoms with van der Waals surface area (Å²) in [7, 11) is 1.60. The molecule has 2 amide bonds. The number of carbonyl (C=O) groups is 2. The van der Waals surface area contributed by atoms with E-state index in [4.69, 9.17) is 4.74 Å². The lowest BCUT2D eigenvalue weighted by Gasteiger charge is -2.27. The average Bonchev–Trinajstić information content (AvgIpc) is 3.38. The van der Waals surface area contributed by atoms with Crippen LogP contribution in [-0.2, 0) is 6.54 Å². The minimum absolute atomic E-state index is 0.0354. The van der Waals surface area contributed by atoms with E-state index in [0.717, 1.165) is 56.3 Å². The van der Waals surface area contributed by atoms with Gasteiger partial charge in [0.25, 0.3) is 11.8 Å². The van der Waals surface area contributed by atoms with Gasteiger partial charge in [0, 0.05) is 38.1 Å². The van der Waals surface area contributed by atoms with Crippen molar-refractivity contribution in [1.29, 1.82) is 0 Å². The van der Waals surface area contributed by atoms with Crippen LogP contribution in [0.5, 0.6) is 5.75 Å². The zero-order valence-electron chi connectivity index (χ0n) is 18.6. The van der Waals surface area contributed by atoms with Gasteiger partial charge in [-0.05, 0) is 49.8 Å². The van der Waals surface area contributed by atoms with E-state index in [9.17, 15) is 14.4 Å². The Hall–Kier alpha value is -3.09. The topological polar surface area (TPSA) is 80.6 Å². The fourth-order valence-corrected chi connectivity index (χ4v) is 4.61. The van der Waals surface area contributed by atoms with Crippen molar-refractivity contribution in [2.24, 2.45) is 0 Å². The maximum Gasteiger partial charge on any atom is 0.259 e. The van der Waals surface area contributed by atoms with Gasteiger partial charge < -0.3 is 19.5 Å². The Morgan fingerprint density at radius 2 is 1.62 bits per heavy atom. The molecule has 1 aromatic heterocycles. The Bertz CT molecular complexity index is 1020. The van der Waals surface area contributed by atoms with Gasteiger partial charge >= 0.3 is 0 Å². The molecule has 1 aliphatic carbocycles. The molecule has 32 heavy (non-hydrogen) atoms. The normalized spacial score (nSPS) is 16.7. The predicted molar refractivity (Wildman–Crippen MR) is 122 cm³/mol. The number of aromatic nitrogens is 1. The van der Waals surface area contributed by atoms with Gasteiger partial charge in [0.05, 0.1) is 7.11 Å². The number of amides is 2.